The van der Waals surface area contributed by atoms with Gasteiger partial charge in [0.25, 0.3) is 0 Å². The summed E-state index contributed by atoms with van der Waals surface area (Å²) in [7, 11) is 0. The first-order chi connectivity index (χ1) is 15.4. The largest absolute Gasteiger partial charge is 0.478 e. The topological polar surface area (TPSA) is 80.5 Å². The standard InChI is InChI=1S/C24H23ClN4O3/c1-13-14(2)26-21-17(5-4-6-19(21)25)23(13)29-15(3)27-22-18(24(30)31)11-16(12-20(22)29)28-7-9-32-10-8-28/h4-6,11-12H,7-10H2,1-3H3,(H,30,31). The van der Waals surface area contributed by atoms with Crippen LogP contribution >= 0.6 is 11.6 Å². The number of carbonyl (C=O) groups is 1. The molecular formula is C24H23ClN4O3. The van der Waals surface area contributed by atoms with Crippen LogP contribution in [0, 0.1) is 20.8 Å². The minimum Gasteiger partial charge on any atom is -0.478 e. The molecule has 5 rings (SSSR count). The molecule has 1 aliphatic rings. The molecule has 164 valence electrons. The smallest absolute Gasteiger partial charge is 0.338 e. The van der Waals surface area contributed by atoms with Crippen LogP contribution in [0.4, 0.5) is 5.69 Å². The predicted octanol–water partition coefficient (Wildman–Crippen LogP) is 4.69. The Kier molecular flexibility index (Phi) is 5.03. The highest BCUT2D eigenvalue weighted by atomic mass is 35.5. The maximum absolute atomic E-state index is 12.2. The Morgan fingerprint density at radius 2 is 1.84 bits per heavy atom. The number of anilines is 1. The molecule has 4 aromatic rings. The van der Waals surface area contributed by atoms with Crippen molar-refractivity contribution in [3.05, 3.63) is 58.0 Å². The predicted molar refractivity (Wildman–Crippen MR) is 126 cm³/mol. The van der Waals surface area contributed by atoms with Gasteiger partial charge in [-0.25, -0.2) is 9.78 Å². The van der Waals surface area contributed by atoms with Gasteiger partial charge in [-0.3, -0.25) is 9.55 Å². The van der Waals surface area contributed by atoms with Crippen molar-refractivity contribution >= 4 is 45.2 Å². The highest BCUT2D eigenvalue weighted by Gasteiger charge is 2.23. The molecule has 0 unspecified atom stereocenters. The molecule has 0 spiro atoms. The van der Waals surface area contributed by atoms with E-state index in [1.165, 1.54) is 0 Å². The molecule has 0 atom stereocenters. The third kappa shape index (κ3) is 3.20. The van der Waals surface area contributed by atoms with Crippen LogP contribution < -0.4 is 4.90 Å². The number of para-hydroxylation sites is 1. The highest BCUT2D eigenvalue weighted by Crippen LogP contribution is 2.36. The Hall–Kier alpha value is -3.16. The van der Waals surface area contributed by atoms with Crippen molar-refractivity contribution in [2.24, 2.45) is 0 Å². The summed E-state index contributed by atoms with van der Waals surface area (Å²) >= 11 is 6.48. The second-order valence-electron chi connectivity index (χ2n) is 8.07. The third-order valence-electron chi connectivity index (χ3n) is 6.16. The molecule has 2 aromatic carbocycles. The number of nitrogens with zero attached hydrogens (tertiary/aromatic N) is 4. The maximum Gasteiger partial charge on any atom is 0.338 e. The van der Waals surface area contributed by atoms with Crippen molar-refractivity contribution in [2.45, 2.75) is 20.8 Å². The van der Waals surface area contributed by atoms with Crippen molar-refractivity contribution in [3.8, 4) is 5.69 Å². The van der Waals surface area contributed by atoms with Crippen LogP contribution in [0.1, 0.15) is 27.4 Å². The van der Waals surface area contributed by atoms with Crippen LogP contribution in [0.3, 0.4) is 0 Å². The fourth-order valence-corrected chi connectivity index (χ4v) is 4.68. The molecule has 0 radical (unpaired) electrons. The quantitative estimate of drug-likeness (QED) is 0.488. The van der Waals surface area contributed by atoms with Crippen molar-refractivity contribution < 1.29 is 14.6 Å². The summed E-state index contributed by atoms with van der Waals surface area (Å²) in [4.78, 5) is 23.7. The van der Waals surface area contributed by atoms with Gasteiger partial charge in [-0.05, 0) is 44.5 Å². The number of carboxylic acid groups (broad SMARTS) is 1. The van der Waals surface area contributed by atoms with Crippen LogP contribution in [0.25, 0.3) is 27.6 Å². The van der Waals surface area contributed by atoms with Gasteiger partial charge in [-0.1, -0.05) is 23.7 Å². The highest BCUT2D eigenvalue weighted by molar-refractivity contribution is 6.35. The zero-order valence-electron chi connectivity index (χ0n) is 18.1. The second-order valence-corrected chi connectivity index (χ2v) is 8.47. The van der Waals surface area contributed by atoms with Gasteiger partial charge in [-0.2, -0.15) is 0 Å². The molecule has 1 saturated heterocycles. The summed E-state index contributed by atoms with van der Waals surface area (Å²) < 4.78 is 7.51. The SMILES string of the molecule is Cc1nc2c(Cl)cccc2c(-n2c(C)nc3c(C(=O)O)cc(N4CCOCC4)cc32)c1C. The van der Waals surface area contributed by atoms with Gasteiger partial charge in [0.05, 0.1) is 40.5 Å². The van der Waals surface area contributed by atoms with Crippen LogP contribution in [0.15, 0.2) is 30.3 Å². The van der Waals surface area contributed by atoms with Crippen LogP contribution in [-0.4, -0.2) is 51.9 Å². The number of carboxylic acids is 1. The van der Waals surface area contributed by atoms with E-state index in [4.69, 9.17) is 21.3 Å². The molecule has 2 aromatic heterocycles. The zero-order chi connectivity index (χ0) is 22.6. The Morgan fingerprint density at radius 1 is 1.09 bits per heavy atom. The number of imidazole rings is 1. The van der Waals surface area contributed by atoms with Gasteiger partial charge < -0.3 is 14.7 Å². The number of aryl methyl sites for hydroxylation is 2. The Bertz CT molecular complexity index is 1390. The van der Waals surface area contributed by atoms with E-state index in [-0.39, 0.29) is 5.56 Å². The van der Waals surface area contributed by atoms with E-state index < -0.39 is 5.97 Å². The number of fused-ring (bicyclic) bond motifs is 2. The molecule has 0 saturated carbocycles. The van der Waals surface area contributed by atoms with Crippen LogP contribution in [0.5, 0.6) is 0 Å². The van der Waals surface area contributed by atoms with Gasteiger partial charge in [0.2, 0.25) is 0 Å². The third-order valence-corrected chi connectivity index (χ3v) is 6.47. The number of hydrogen-bond donors (Lipinski definition) is 1. The summed E-state index contributed by atoms with van der Waals surface area (Å²) in [5.74, 6) is -0.290. The van der Waals surface area contributed by atoms with E-state index in [2.05, 4.69) is 9.88 Å². The number of halogens is 1. The Labute approximate surface area is 190 Å². The number of aromatic carboxylic acids is 1. The van der Waals surface area contributed by atoms with E-state index >= 15 is 0 Å². The van der Waals surface area contributed by atoms with Crippen molar-refractivity contribution in [3.63, 3.8) is 0 Å². The number of pyridine rings is 1. The molecule has 1 fully saturated rings. The number of benzene rings is 2. The first-order valence-electron chi connectivity index (χ1n) is 10.5. The molecule has 0 amide bonds. The molecule has 32 heavy (non-hydrogen) atoms. The molecule has 3 heterocycles. The van der Waals surface area contributed by atoms with Crippen LogP contribution in [-0.2, 0) is 4.74 Å². The molecule has 1 N–H and O–H groups in total. The number of aromatic nitrogens is 3. The molecule has 8 heteroatoms. The lowest BCUT2D eigenvalue weighted by molar-refractivity contribution is 0.0699. The summed E-state index contributed by atoms with van der Waals surface area (Å²) in [5.41, 5.74) is 5.76. The molecule has 0 bridgehead atoms. The normalized spacial score (nSPS) is 14.4. The van der Waals surface area contributed by atoms with E-state index in [9.17, 15) is 9.90 Å². The van der Waals surface area contributed by atoms with Crippen molar-refractivity contribution in [1.29, 1.82) is 0 Å². The molecule has 7 nitrogen and oxygen atoms in total. The number of rotatable bonds is 3. The Balaban J connectivity index is 1.87. The van der Waals surface area contributed by atoms with Gasteiger partial charge in [-0.15, -0.1) is 0 Å². The minimum absolute atomic E-state index is 0.191. The Morgan fingerprint density at radius 3 is 2.56 bits per heavy atom. The second kappa shape index (κ2) is 7.76. The van der Waals surface area contributed by atoms with Gasteiger partial charge >= 0.3 is 5.97 Å². The van der Waals surface area contributed by atoms with Crippen molar-refractivity contribution in [2.75, 3.05) is 31.2 Å². The zero-order valence-corrected chi connectivity index (χ0v) is 18.9. The van der Waals surface area contributed by atoms with Gasteiger partial charge in [0, 0.05) is 29.9 Å². The summed E-state index contributed by atoms with van der Waals surface area (Å²) in [6, 6.07) is 9.46. The average Bonchev–Trinajstić information content (AvgIpc) is 3.11. The maximum atomic E-state index is 12.2. The van der Waals surface area contributed by atoms with Crippen molar-refractivity contribution in [1.82, 2.24) is 14.5 Å². The lowest BCUT2D eigenvalue weighted by atomic mass is 10.1. The fraction of sp³-hybridized carbons (Fsp3) is 0.292. The van der Waals surface area contributed by atoms with Gasteiger partial charge in [0.15, 0.2) is 0 Å². The first kappa shape index (κ1) is 20.7. The summed E-state index contributed by atoms with van der Waals surface area (Å²) in [6.07, 6.45) is 0. The minimum atomic E-state index is -0.995. The van der Waals surface area contributed by atoms with E-state index in [0.29, 0.717) is 42.7 Å². The lowest BCUT2D eigenvalue weighted by Crippen LogP contribution is -2.36. The summed E-state index contributed by atoms with van der Waals surface area (Å²) in [6.45, 7) is 8.53. The molecular weight excluding hydrogens is 428 g/mol. The number of ether oxygens (including phenoxy) is 1. The number of hydrogen-bond acceptors (Lipinski definition) is 5. The fourth-order valence-electron chi connectivity index (χ4n) is 4.46. The summed E-state index contributed by atoms with van der Waals surface area (Å²) in [5, 5.41) is 11.4. The number of morpholine rings is 1. The molecule has 1 aliphatic heterocycles. The van der Waals surface area contributed by atoms with Gasteiger partial charge in [0.1, 0.15) is 11.3 Å². The first-order valence-corrected chi connectivity index (χ1v) is 10.9. The average molecular weight is 451 g/mol. The lowest BCUT2D eigenvalue weighted by Gasteiger charge is -2.29. The van der Waals surface area contributed by atoms with E-state index in [1.54, 1.807) is 6.07 Å². The monoisotopic (exact) mass is 450 g/mol. The molecule has 0 aliphatic carbocycles. The van der Waals surface area contributed by atoms with Crippen LogP contribution in [0.2, 0.25) is 5.02 Å². The van der Waals surface area contributed by atoms with E-state index in [1.807, 2.05) is 49.6 Å². The van der Waals surface area contributed by atoms with E-state index in [0.717, 1.165) is 39.1 Å².